The third kappa shape index (κ3) is 1.84. The fraction of sp³-hybridized carbons (Fsp3) is 0.286. The SMILES string of the molecule is O=C1OC(c2ccccc2)=C2C3CC(C3)C2C1c1ccccc1. The first-order chi connectivity index (χ1) is 11.3. The maximum absolute atomic E-state index is 12.8. The second-order valence-corrected chi connectivity index (χ2v) is 6.91. The zero-order valence-corrected chi connectivity index (χ0v) is 12.8. The molecule has 1 heterocycles. The van der Waals surface area contributed by atoms with Gasteiger partial charge in [0.05, 0.1) is 5.92 Å². The van der Waals surface area contributed by atoms with Crippen LogP contribution in [-0.2, 0) is 9.53 Å². The summed E-state index contributed by atoms with van der Waals surface area (Å²) in [6.07, 6.45) is 2.44. The van der Waals surface area contributed by atoms with Crippen LogP contribution >= 0.6 is 0 Å². The standard InChI is InChI=1S/C21H18O2/c22-21-19(13-7-3-1-4-8-13)17-15-11-16(12-15)18(17)20(23-21)14-9-5-2-6-10-14/h1-10,15-17,19H,11-12H2. The van der Waals surface area contributed by atoms with Crippen LogP contribution in [0, 0.1) is 17.8 Å². The lowest BCUT2D eigenvalue weighted by Gasteiger charge is -2.31. The average molecular weight is 302 g/mol. The van der Waals surface area contributed by atoms with Crippen molar-refractivity contribution in [3.8, 4) is 0 Å². The van der Waals surface area contributed by atoms with E-state index in [2.05, 4.69) is 12.1 Å². The summed E-state index contributed by atoms with van der Waals surface area (Å²) in [6, 6.07) is 20.3. The Kier molecular flexibility index (Phi) is 2.75. The zero-order chi connectivity index (χ0) is 15.4. The Balaban J connectivity index is 1.66. The van der Waals surface area contributed by atoms with Crippen LogP contribution in [0.2, 0.25) is 0 Å². The van der Waals surface area contributed by atoms with Crippen molar-refractivity contribution < 1.29 is 9.53 Å². The number of ether oxygens (including phenoxy) is 1. The van der Waals surface area contributed by atoms with E-state index in [0.717, 1.165) is 16.9 Å². The van der Waals surface area contributed by atoms with E-state index in [0.29, 0.717) is 17.8 Å². The molecule has 3 aliphatic carbocycles. The molecule has 4 aliphatic rings. The van der Waals surface area contributed by atoms with Crippen molar-refractivity contribution in [3.63, 3.8) is 0 Å². The predicted molar refractivity (Wildman–Crippen MR) is 88.3 cm³/mol. The number of carbonyl (C=O) groups is 1. The van der Waals surface area contributed by atoms with Crippen molar-refractivity contribution in [3.05, 3.63) is 77.4 Å². The van der Waals surface area contributed by atoms with E-state index in [1.165, 1.54) is 18.4 Å². The summed E-state index contributed by atoms with van der Waals surface area (Å²) < 4.78 is 5.89. The molecule has 0 radical (unpaired) electrons. The molecule has 0 N–H and O–H groups in total. The number of allylic oxidation sites excluding steroid dienone is 1. The summed E-state index contributed by atoms with van der Waals surface area (Å²) in [5.74, 6) is 2.22. The fourth-order valence-electron chi connectivity index (χ4n) is 4.71. The highest BCUT2D eigenvalue weighted by atomic mass is 16.5. The first kappa shape index (κ1) is 13.1. The van der Waals surface area contributed by atoms with E-state index in [1.54, 1.807) is 0 Å². The summed E-state index contributed by atoms with van der Waals surface area (Å²) in [5, 5.41) is 0. The van der Waals surface area contributed by atoms with Gasteiger partial charge in [0.1, 0.15) is 5.76 Å². The first-order valence-electron chi connectivity index (χ1n) is 8.39. The van der Waals surface area contributed by atoms with Crippen LogP contribution in [0.25, 0.3) is 5.76 Å². The van der Waals surface area contributed by atoms with Crippen molar-refractivity contribution >= 4 is 11.7 Å². The molecule has 0 spiro atoms. The minimum Gasteiger partial charge on any atom is -0.425 e. The summed E-state index contributed by atoms with van der Waals surface area (Å²) in [7, 11) is 0. The van der Waals surface area contributed by atoms with E-state index in [-0.39, 0.29) is 11.9 Å². The molecule has 2 nitrogen and oxygen atoms in total. The molecule has 2 atom stereocenters. The summed E-state index contributed by atoms with van der Waals surface area (Å²) in [5.41, 5.74) is 3.54. The Morgan fingerprint density at radius 2 is 1.52 bits per heavy atom. The van der Waals surface area contributed by atoms with Gasteiger partial charge in [-0.2, -0.15) is 0 Å². The third-order valence-electron chi connectivity index (χ3n) is 5.75. The molecule has 23 heavy (non-hydrogen) atoms. The van der Waals surface area contributed by atoms with Gasteiger partial charge in [0, 0.05) is 11.5 Å². The summed E-state index contributed by atoms with van der Waals surface area (Å²) >= 11 is 0. The Morgan fingerprint density at radius 3 is 2.22 bits per heavy atom. The number of hydrogen-bond acceptors (Lipinski definition) is 2. The second kappa shape index (κ2) is 4.82. The molecular formula is C21H18O2. The van der Waals surface area contributed by atoms with Gasteiger partial charge in [0.2, 0.25) is 0 Å². The number of carbonyl (C=O) groups excluding carboxylic acids is 1. The molecule has 2 unspecified atom stereocenters. The molecule has 6 rings (SSSR count). The molecule has 2 bridgehead atoms. The minimum atomic E-state index is -0.129. The molecule has 0 amide bonds. The van der Waals surface area contributed by atoms with E-state index < -0.39 is 0 Å². The zero-order valence-electron chi connectivity index (χ0n) is 12.8. The maximum Gasteiger partial charge on any atom is 0.319 e. The maximum atomic E-state index is 12.8. The molecular weight excluding hydrogens is 284 g/mol. The van der Waals surface area contributed by atoms with E-state index in [4.69, 9.17) is 4.74 Å². The molecule has 2 heteroatoms. The summed E-state index contributed by atoms with van der Waals surface area (Å²) in [6.45, 7) is 0. The molecule has 3 fully saturated rings. The molecule has 114 valence electrons. The van der Waals surface area contributed by atoms with Gasteiger partial charge in [-0.05, 0) is 35.8 Å². The monoisotopic (exact) mass is 302 g/mol. The van der Waals surface area contributed by atoms with Crippen LogP contribution in [0.15, 0.2) is 66.2 Å². The lowest BCUT2D eigenvalue weighted by atomic mass is 9.76. The van der Waals surface area contributed by atoms with Gasteiger partial charge < -0.3 is 4.74 Å². The number of cyclic esters (lactones) is 1. The van der Waals surface area contributed by atoms with Crippen LogP contribution in [0.5, 0.6) is 0 Å². The Bertz CT molecular complexity index is 785. The van der Waals surface area contributed by atoms with Crippen molar-refractivity contribution in [1.29, 1.82) is 0 Å². The topological polar surface area (TPSA) is 26.3 Å². The van der Waals surface area contributed by atoms with Crippen molar-refractivity contribution in [2.45, 2.75) is 18.8 Å². The number of benzene rings is 2. The number of rotatable bonds is 2. The van der Waals surface area contributed by atoms with Gasteiger partial charge in [0.25, 0.3) is 0 Å². The van der Waals surface area contributed by atoms with Gasteiger partial charge in [-0.1, -0.05) is 60.7 Å². The Labute approximate surface area is 135 Å². The Hall–Kier alpha value is -2.35. The van der Waals surface area contributed by atoms with Gasteiger partial charge in [0.15, 0.2) is 0 Å². The van der Waals surface area contributed by atoms with Gasteiger partial charge in [-0.15, -0.1) is 0 Å². The molecule has 3 saturated carbocycles. The van der Waals surface area contributed by atoms with Gasteiger partial charge in [-0.3, -0.25) is 4.79 Å². The quantitative estimate of drug-likeness (QED) is 0.769. The van der Waals surface area contributed by atoms with Crippen molar-refractivity contribution in [1.82, 2.24) is 0 Å². The smallest absolute Gasteiger partial charge is 0.319 e. The molecule has 2 aromatic rings. The van der Waals surface area contributed by atoms with Gasteiger partial charge in [-0.25, -0.2) is 0 Å². The van der Waals surface area contributed by atoms with Crippen LogP contribution in [0.3, 0.4) is 0 Å². The van der Waals surface area contributed by atoms with Crippen molar-refractivity contribution in [2.75, 3.05) is 0 Å². The predicted octanol–water partition coefficient (Wildman–Crippen LogP) is 4.39. The fourth-order valence-corrected chi connectivity index (χ4v) is 4.71. The van der Waals surface area contributed by atoms with Crippen molar-refractivity contribution in [2.24, 2.45) is 17.8 Å². The lowest BCUT2D eigenvalue weighted by molar-refractivity contribution is -0.140. The van der Waals surface area contributed by atoms with Crippen LogP contribution in [0.4, 0.5) is 0 Å². The van der Waals surface area contributed by atoms with Gasteiger partial charge >= 0.3 is 5.97 Å². The molecule has 2 aromatic carbocycles. The van der Waals surface area contributed by atoms with Crippen LogP contribution in [0.1, 0.15) is 29.9 Å². The van der Waals surface area contributed by atoms with E-state index in [1.807, 2.05) is 48.5 Å². The lowest BCUT2D eigenvalue weighted by Crippen LogP contribution is -2.30. The summed E-state index contributed by atoms with van der Waals surface area (Å²) in [4.78, 5) is 12.8. The largest absolute Gasteiger partial charge is 0.425 e. The molecule has 1 aliphatic heterocycles. The van der Waals surface area contributed by atoms with E-state index >= 15 is 0 Å². The highest BCUT2D eigenvalue weighted by Crippen LogP contribution is 2.64. The van der Waals surface area contributed by atoms with Crippen LogP contribution in [-0.4, -0.2) is 5.97 Å². The molecule has 0 saturated heterocycles. The minimum absolute atomic E-state index is 0.0867. The van der Waals surface area contributed by atoms with E-state index in [9.17, 15) is 4.79 Å². The highest BCUT2D eigenvalue weighted by Gasteiger charge is 2.57. The third-order valence-corrected chi connectivity index (χ3v) is 5.75. The number of hydrogen-bond donors (Lipinski definition) is 0. The molecule has 0 aromatic heterocycles. The average Bonchev–Trinajstić information content (AvgIpc) is 3.10. The Morgan fingerprint density at radius 1 is 0.870 bits per heavy atom. The second-order valence-electron chi connectivity index (χ2n) is 6.91. The number of esters is 1. The normalized spacial score (nSPS) is 31.4. The van der Waals surface area contributed by atoms with Crippen LogP contribution < -0.4 is 0 Å². The first-order valence-corrected chi connectivity index (χ1v) is 8.39. The highest BCUT2D eigenvalue weighted by molar-refractivity contribution is 5.89.